The van der Waals surface area contributed by atoms with Gasteiger partial charge in [0.25, 0.3) is 0 Å². The number of hydrogen-bond donors (Lipinski definition) is 0. The first-order chi connectivity index (χ1) is 24.0. The normalized spacial score (nSPS) is 12.0. The first-order valence-electron chi connectivity index (χ1n) is 15.5. The molecule has 268 valence electrons. The standard InChI is InChI=1S/C38H26ClF11O/c1-2-3-4-5-6-20-7-9-21(10-8-20)23-15-29(41)35(30(42)16-23)24-13-27(39)36(33(45)17-24)38(49,50)51-25-18-31(43)34(32(44)19-25)22-11-12-26(28(40)14-22)37(46,47)48/h7-19H,2-6H2,1H3. The van der Waals surface area contributed by atoms with Crippen molar-refractivity contribution in [3.63, 3.8) is 0 Å². The maximum Gasteiger partial charge on any atom is 0.431 e. The van der Waals surface area contributed by atoms with Crippen LogP contribution in [0.5, 0.6) is 5.75 Å². The molecule has 5 aromatic carbocycles. The van der Waals surface area contributed by atoms with Crippen LogP contribution in [0.15, 0.2) is 78.9 Å². The largest absolute Gasteiger partial charge is 0.431 e. The van der Waals surface area contributed by atoms with Crippen LogP contribution in [0.2, 0.25) is 5.02 Å². The molecule has 0 bridgehead atoms. The highest BCUT2D eigenvalue weighted by Gasteiger charge is 2.41. The molecule has 0 unspecified atom stereocenters. The first kappa shape index (κ1) is 37.7. The van der Waals surface area contributed by atoms with Crippen LogP contribution in [-0.2, 0) is 18.7 Å². The molecule has 0 saturated carbocycles. The Morgan fingerprint density at radius 3 is 1.63 bits per heavy atom. The number of benzene rings is 5. The Morgan fingerprint density at radius 2 is 1.08 bits per heavy atom. The zero-order valence-electron chi connectivity index (χ0n) is 26.5. The number of unbranched alkanes of at least 4 members (excludes halogenated alkanes) is 3. The molecule has 0 fully saturated rings. The third-order valence-electron chi connectivity index (χ3n) is 8.10. The number of rotatable bonds is 11. The van der Waals surface area contributed by atoms with E-state index in [0.717, 1.165) is 49.8 Å². The van der Waals surface area contributed by atoms with Crippen molar-refractivity contribution in [2.24, 2.45) is 0 Å². The Labute approximate surface area is 290 Å². The van der Waals surface area contributed by atoms with Gasteiger partial charge in [-0.1, -0.05) is 68.1 Å². The van der Waals surface area contributed by atoms with E-state index in [0.29, 0.717) is 23.8 Å². The SMILES string of the molecule is CCCCCCc1ccc(-c2cc(F)c(-c3cc(F)c(C(F)(F)Oc4cc(F)c(-c5ccc(C(F)(F)F)c(F)c5)c(F)c4)c(Cl)c3)c(F)c2)cc1. The molecular formula is C38H26ClF11O. The van der Waals surface area contributed by atoms with Crippen molar-refractivity contribution in [3.05, 3.63) is 135 Å². The molecule has 0 heterocycles. The topological polar surface area (TPSA) is 9.23 Å². The molecule has 5 rings (SSSR count). The zero-order chi connectivity index (χ0) is 37.2. The fourth-order valence-electron chi connectivity index (χ4n) is 5.61. The van der Waals surface area contributed by atoms with E-state index in [1.54, 1.807) is 12.1 Å². The number of halogens is 12. The second-order valence-corrected chi connectivity index (χ2v) is 12.1. The Hall–Kier alpha value is -4.58. The molecule has 13 heteroatoms. The molecule has 0 aliphatic heterocycles. The molecule has 5 aromatic rings. The van der Waals surface area contributed by atoms with Gasteiger partial charge in [0.2, 0.25) is 0 Å². The maximum atomic E-state index is 15.3. The summed E-state index contributed by atoms with van der Waals surface area (Å²) in [5.74, 6) is -10.4. The lowest BCUT2D eigenvalue weighted by Crippen LogP contribution is -2.24. The van der Waals surface area contributed by atoms with Gasteiger partial charge in [-0.25, -0.2) is 26.3 Å². The predicted octanol–water partition coefficient (Wildman–Crippen LogP) is 13.4. The maximum absolute atomic E-state index is 15.3. The van der Waals surface area contributed by atoms with Crippen LogP contribution in [0.4, 0.5) is 48.3 Å². The number of hydrogen-bond acceptors (Lipinski definition) is 1. The summed E-state index contributed by atoms with van der Waals surface area (Å²) in [5, 5.41) is -1.05. The van der Waals surface area contributed by atoms with E-state index in [9.17, 15) is 26.3 Å². The van der Waals surface area contributed by atoms with Crippen molar-refractivity contribution in [3.8, 4) is 39.1 Å². The number of aryl methyl sites for hydroxylation is 1. The minimum atomic E-state index is -5.09. The molecule has 0 aliphatic carbocycles. The fraction of sp³-hybridized carbons (Fsp3) is 0.211. The van der Waals surface area contributed by atoms with Gasteiger partial charge in [-0.15, -0.1) is 0 Å². The van der Waals surface area contributed by atoms with Crippen LogP contribution in [0.3, 0.4) is 0 Å². The van der Waals surface area contributed by atoms with E-state index < -0.39 is 91.3 Å². The van der Waals surface area contributed by atoms with Gasteiger partial charge in [0.15, 0.2) is 0 Å². The summed E-state index contributed by atoms with van der Waals surface area (Å²) in [4.78, 5) is 0. The van der Waals surface area contributed by atoms with Crippen LogP contribution >= 0.6 is 11.6 Å². The third kappa shape index (κ3) is 8.32. The highest BCUT2D eigenvalue weighted by molar-refractivity contribution is 6.31. The summed E-state index contributed by atoms with van der Waals surface area (Å²) in [6.45, 7) is 2.11. The molecule has 1 nitrogen and oxygen atoms in total. The molecule has 51 heavy (non-hydrogen) atoms. The van der Waals surface area contributed by atoms with Crippen LogP contribution < -0.4 is 4.74 Å². The van der Waals surface area contributed by atoms with Crippen LogP contribution in [0.25, 0.3) is 33.4 Å². The van der Waals surface area contributed by atoms with Crippen molar-refractivity contribution in [1.82, 2.24) is 0 Å². The molecule has 0 aliphatic rings. The first-order valence-corrected chi connectivity index (χ1v) is 15.9. The van der Waals surface area contributed by atoms with Gasteiger partial charge in [0, 0.05) is 12.1 Å². The van der Waals surface area contributed by atoms with Crippen molar-refractivity contribution in [2.75, 3.05) is 0 Å². The average Bonchev–Trinajstić information content (AvgIpc) is 3.01. The summed E-state index contributed by atoms with van der Waals surface area (Å²) >= 11 is 5.95. The van der Waals surface area contributed by atoms with Gasteiger partial charge in [-0.05, 0) is 77.1 Å². The van der Waals surface area contributed by atoms with E-state index in [1.165, 1.54) is 0 Å². The van der Waals surface area contributed by atoms with Gasteiger partial charge in [-0.3, -0.25) is 0 Å². The second-order valence-electron chi connectivity index (χ2n) is 11.7. The molecule has 0 N–H and O–H groups in total. The summed E-state index contributed by atoms with van der Waals surface area (Å²) < 4.78 is 163. The average molecular weight is 743 g/mol. The number of ether oxygens (including phenoxy) is 1. The van der Waals surface area contributed by atoms with Gasteiger partial charge in [0.1, 0.15) is 46.2 Å². The smallest absolute Gasteiger partial charge is 0.429 e. The zero-order valence-corrected chi connectivity index (χ0v) is 27.2. The molecular weight excluding hydrogens is 717 g/mol. The highest BCUT2D eigenvalue weighted by atomic mass is 35.5. The number of alkyl halides is 5. The lowest BCUT2D eigenvalue weighted by molar-refractivity contribution is -0.187. The quantitative estimate of drug-likeness (QED) is 0.0967. The fourth-order valence-corrected chi connectivity index (χ4v) is 5.93. The van der Waals surface area contributed by atoms with Gasteiger partial charge >= 0.3 is 12.3 Å². The van der Waals surface area contributed by atoms with Crippen molar-refractivity contribution in [2.45, 2.75) is 51.3 Å². The van der Waals surface area contributed by atoms with Crippen LogP contribution in [0, 0.1) is 34.9 Å². The monoisotopic (exact) mass is 742 g/mol. The summed E-state index contributed by atoms with van der Waals surface area (Å²) in [6, 6.07) is 11.6. The van der Waals surface area contributed by atoms with Gasteiger partial charge in [-0.2, -0.15) is 22.0 Å². The minimum Gasteiger partial charge on any atom is -0.429 e. The summed E-state index contributed by atoms with van der Waals surface area (Å²) in [5.41, 5.74) is -4.64. The van der Waals surface area contributed by atoms with Gasteiger partial charge in [0.05, 0.1) is 21.7 Å². The van der Waals surface area contributed by atoms with E-state index in [1.807, 2.05) is 12.1 Å². The van der Waals surface area contributed by atoms with E-state index in [2.05, 4.69) is 11.7 Å². The minimum absolute atomic E-state index is 0.170. The van der Waals surface area contributed by atoms with E-state index in [4.69, 9.17) is 11.6 Å². The summed E-state index contributed by atoms with van der Waals surface area (Å²) in [6.07, 6.45) is -4.65. The molecule has 0 amide bonds. The molecule has 0 atom stereocenters. The molecule has 0 radical (unpaired) electrons. The van der Waals surface area contributed by atoms with Crippen molar-refractivity contribution < 1.29 is 53.0 Å². The van der Waals surface area contributed by atoms with E-state index in [-0.39, 0.29) is 29.8 Å². The second kappa shape index (κ2) is 15.0. The Balaban J connectivity index is 1.38. The van der Waals surface area contributed by atoms with E-state index >= 15 is 22.0 Å². The highest BCUT2D eigenvalue weighted by Crippen LogP contribution is 2.42. The van der Waals surface area contributed by atoms with Gasteiger partial charge < -0.3 is 4.74 Å². The lowest BCUT2D eigenvalue weighted by atomic mass is 9.96. The van der Waals surface area contributed by atoms with Crippen LogP contribution in [0.1, 0.15) is 49.3 Å². The third-order valence-corrected chi connectivity index (χ3v) is 8.39. The predicted molar refractivity (Wildman–Crippen MR) is 171 cm³/mol. The Bertz CT molecular complexity index is 1990. The Morgan fingerprint density at radius 1 is 0.549 bits per heavy atom. The molecule has 0 saturated heterocycles. The van der Waals surface area contributed by atoms with Crippen molar-refractivity contribution >= 4 is 11.6 Å². The summed E-state index contributed by atoms with van der Waals surface area (Å²) in [7, 11) is 0. The molecule has 0 spiro atoms. The molecule has 0 aromatic heterocycles. The Kier molecular flexibility index (Phi) is 11.0. The van der Waals surface area contributed by atoms with Crippen molar-refractivity contribution in [1.29, 1.82) is 0 Å². The van der Waals surface area contributed by atoms with Crippen LogP contribution in [-0.4, -0.2) is 0 Å². The lowest BCUT2D eigenvalue weighted by Gasteiger charge is -2.21.